The molecule has 1 N–H and O–H groups in total. The molecule has 1 aliphatic heterocycles. The summed E-state index contributed by atoms with van der Waals surface area (Å²) < 4.78 is 14.5. The molecule has 0 radical (unpaired) electrons. The number of aromatic nitrogens is 3. The van der Waals surface area contributed by atoms with Gasteiger partial charge in [-0.2, -0.15) is 11.3 Å². The summed E-state index contributed by atoms with van der Waals surface area (Å²) >= 11 is 3.36. The van der Waals surface area contributed by atoms with E-state index >= 15 is 0 Å². The average Bonchev–Trinajstić information content (AvgIpc) is 1.23. The van der Waals surface area contributed by atoms with Crippen molar-refractivity contribution < 1.29 is 154 Å². The molecule has 11 aromatic rings. The number of carbonyl (C=O) groups is 2. The van der Waals surface area contributed by atoms with Crippen LogP contribution < -0.4 is 129 Å². The second kappa shape index (κ2) is 37.9. The molecule has 1 unspecified atom stereocenters. The molecule has 13 rings (SSSR count). The van der Waals surface area contributed by atoms with E-state index in [0.29, 0.717) is 22.3 Å². The number of nitrogens with zero attached hydrogens (tertiary/aromatic N) is 3. The topological polar surface area (TPSA) is 142 Å². The second-order valence-electron chi connectivity index (χ2n) is 18.3. The smallest absolute Gasteiger partial charge is 1.00 e. The van der Waals surface area contributed by atoms with Crippen molar-refractivity contribution in [3.8, 4) is 56.0 Å². The number of unbranched alkanes of at least 4 members (excludes halogenated alkanes) is 1. The van der Waals surface area contributed by atoms with Gasteiger partial charge in [-0.1, -0.05) is 214 Å². The molecule has 3 aromatic heterocycles. The molecule has 8 aromatic carbocycles. The summed E-state index contributed by atoms with van der Waals surface area (Å²) in [6, 6.07) is 74.6. The first-order valence-electron chi connectivity index (χ1n) is 26.3. The molecule has 0 spiro atoms. The van der Waals surface area contributed by atoms with Gasteiger partial charge in [-0.05, 0) is 90.3 Å². The Kier molecular flexibility index (Phi) is 32.5. The van der Waals surface area contributed by atoms with Crippen molar-refractivity contribution in [1.29, 1.82) is 0 Å². The maximum absolute atomic E-state index is 12.1. The molecule has 1 fully saturated rings. The Morgan fingerprint density at radius 2 is 0.774 bits per heavy atom. The fraction of sp³-hybridized carbons (Fsp3) is 0.101. The zero-order chi connectivity index (χ0) is 56.1. The van der Waals surface area contributed by atoms with Crippen molar-refractivity contribution >= 4 is 57.3 Å². The first kappa shape index (κ1) is 72.0. The van der Waals surface area contributed by atoms with Crippen LogP contribution in [-0.2, 0) is 9.30 Å². The molecule has 84 heavy (non-hydrogen) atoms. The summed E-state index contributed by atoms with van der Waals surface area (Å²) in [5.41, 5.74) is 13.0. The van der Waals surface area contributed by atoms with Gasteiger partial charge in [-0.25, -0.2) is 0 Å². The van der Waals surface area contributed by atoms with E-state index in [0.717, 1.165) is 69.0 Å². The van der Waals surface area contributed by atoms with E-state index in [1.807, 2.05) is 85.3 Å². The van der Waals surface area contributed by atoms with Gasteiger partial charge in [0.05, 0.1) is 17.1 Å². The minimum absolute atomic E-state index is 0. The Morgan fingerprint density at radius 3 is 1.01 bits per heavy atom. The maximum Gasteiger partial charge on any atom is 1.00 e. The standard InChI is InChI=1S/C36H24N2.C14H8O2.C11H8BrN.C4H8O.C4H9.HI.K.Li.Na.HO3P.H/c1-3-11-25(12-4-1)33-21-19-27(23-37-33)35-29-15-7-9-17-31(29)36(32-18-10-8-16-30(32)35)28-20-22-34(38-24-28)26-13-5-2-6-14-26;15-13-9-5-1-2-6-10(9)14(16)12-8-4-3-7-11(12)13;12-10-6-7-11(13-8-10)9-4-2-1-3-5-9;1-2-4-5-3-1;1-3-4-2;;;;;1-4(2)3;/h1-24H;1-8H;1-8H;1-4H2;1,3-4H2,2H3;1H;;;;(H,1,2,3);/q;;;;-1;;3*+1;;-1/p-1. The molecule has 0 bridgehead atoms. The molecule has 1 saturated heterocycles. The Hall–Kier alpha value is -4.51. The molecule has 1 aliphatic carbocycles. The predicted octanol–water partition coefficient (Wildman–Crippen LogP) is 4.97. The Morgan fingerprint density at radius 1 is 0.500 bits per heavy atom. The molecule has 1 atom stereocenters. The SMILES string of the molecule is Brc1ccc(-c2ccccc2)nc1.C1CCOC1.O=C1c2ccccc2C(=O)c2ccccc21.O=[P+]([O-])O.[CH2-]CCC.[H-].[I-].[K+].[Li+].[Na+].c1ccc(-c2ccc(-c3c4ccccc4c(-c4ccc(-c5ccccc5)nc4)c4ccccc34)cn2)cc1. The minimum atomic E-state index is -3.12. The quantitative estimate of drug-likeness (QED) is 0.0804. The largest absolute Gasteiger partial charge is 1.00 e. The summed E-state index contributed by atoms with van der Waals surface area (Å²) in [5.74, 6) is -0.128. The number of ketones is 2. The fourth-order valence-corrected chi connectivity index (χ4v) is 9.34. The molecular weight excluding hydrogens is 1270 g/mol. The zero-order valence-electron chi connectivity index (χ0n) is 48.6. The Balaban J connectivity index is 0.000000332. The van der Waals surface area contributed by atoms with Crippen LogP contribution in [0.25, 0.3) is 77.6 Å². The number of halogens is 2. The van der Waals surface area contributed by atoms with Gasteiger partial charge >= 0.3 is 108 Å². The van der Waals surface area contributed by atoms with E-state index in [9.17, 15) is 9.59 Å². The van der Waals surface area contributed by atoms with Crippen molar-refractivity contribution in [3.05, 3.63) is 277 Å². The second-order valence-corrected chi connectivity index (χ2v) is 19.7. The third-order valence-corrected chi connectivity index (χ3v) is 13.5. The molecule has 408 valence electrons. The van der Waals surface area contributed by atoms with Gasteiger partial charge in [0.25, 0.3) is 0 Å². The molecule has 0 amide bonds. The minimum Gasteiger partial charge on any atom is -1.00 e. The zero-order valence-corrected chi connectivity index (χ0v) is 57.3. The summed E-state index contributed by atoms with van der Waals surface area (Å²) in [4.78, 5) is 53.8. The third-order valence-electron chi connectivity index (χ3n) is 13.0. The van der Waals surface area contributed by atoms with Crippen LogP contribution >= 0.6 is 24.2 Å². The van der Waals surface area contributed by atoms with Crippen LogP contribution in [0.1, 0.15) is 65.9 Å². The average molecular weight is 1330 g/mol. The number of rotatable bonds is 6. The van der Waals surface area contributed by atoms with Crippen LogP contribution in [0.3, 0.4) is 0 Å². The van der Waals surface area contributed by atoms with Crippen molar-refractivity contribution in [3.63, 3.8) is 0 Å². The van der Waals surface area contributed by atoms with Crippen molar-refractivity contribution in [2.45, 2.75) is 32.6 Å². The Labute approximate surface area is 597 Å². The molecular formula is C69H59BrIKLiN3NaO6P. The van der Waals surface area contributed by atoms with E-state index in [4.69, 9.17) is 29.1 Å². The number of fused-ring (bicyclic) bond motifs is 4. The number of carbonyl (C=O) groups excluding carboxylic acids is 2. The number of ether oxygens (including phenoxy) is 1. The number of benzene rings is 8. The Bertz CT molecular complexity index is 3510. The van der Waals surface area contributed by atoms with Gasteiger partial charge in [-0.3, -0.25) is 24.5 Å². The van der Waals surface area contributed by atoms with Crippen LogP contribution in [0, 0.1) is 6.92 Å². The summed E-state index contributed by atoms with van der Waals surface area (Å²) in [6.07, 6.45) is 10.7. The third kappa shape index (κ3) is 19.8. The maximum atomic E-state index is 12.1. The summed E-state index contributed by atoms with van der Waals surface area (Å²) in [7, 11) is -3.12. The van der Waals surface area contributed by atoms with Crippen LogP contribution in [0.15, 0.2) is 248 Å². The van der Waals surface area contributed by atoms with Gasteiger partial charge in [0.2, 0.25) is 0 Å². The van der Waals surface area contributed by atoms with Gasteiger partial charge in [-0.15, -0.1) is 0 Å². The van der Waals surface area contributed by atoms with Gasteiger partial charge in [0, 0.05) is 86.3 Å². The van der Waals surface area contributed by atoms with Gasteiger partial charge < -0.3 is 42.0 Å². The normalized spacial score (nSPS) is 11.4. The van der Waals surface area contributed by atoms with Crippen molar-refractivity contribution in [2.24, 2.45) is 0 Å². The first-order valence-corrected chi connectivity index (χ1v) is 28.2. The van der Waals surface area contributed by atoms with Crippen molar-refractivity contribution in [2.75, 3.05) is 13.2 Å². The predicted molar refractivity (Wildman–Crippen MR) is 327 cm³/mol. The summed E-state index contributed by atoms with van der Waals surface area (Å²) in [5, 5.41) is 4.84. The van der Waals surface area contributed by atoms with Crippen LogP contribution in [0.2, 0.25) is 0 Å². The van der Waals surface area contributed by atoms with Crippen molar-refractivity contribution in [1.82, 2.24) is 15.0 Å². The van der Waals surface area contributed by atoms with E-state index in [1.54, 1.807) is 48.5 Å². The molecule has 9 nitrogen and oxygen atoms in total. The van der Waals surface area contributed by atoms with Crippen LogP contribution in [0.5, 0.6) is 0 Å². The number of pyridine rings is 3. The van der Waals surface area contributed by atoms with E-state index in [1.165, 1.54) is 51.9 Å². The molecule has 15 heteroatoms. The van der Waals surface area contributed by atoms with E-state index in [2.05, 4.69) is 144 Å². The van der Waals surface area contributed by atoms with E-state index < -0.39 is 8.25 Å². The van der Waals surface area contributed by atoms with Crippen LogP contribution in [-0.4, -0.2) is 44.6 Å². The fourth-order valence-electron chi connectivity index (χ4n) is 9.11. The van der Waals surface area contributed by atoms with Crippen LogP contribution in [0.4, 0.5) is 0 Å². The number of hydrogen-bond acceptors (Lipinski definition) is 8. The van der Waals surface area contributed by atoms with Gasteiger partial charge in [0.1, 0.15) is 0 Å². The molecule has 2 aliphatic rings. The monoisotopic (exact) mass is 1330 g/mol. The first-order chi connectivity index (χ1) is 39.2. The number of hydrogen-bond donors (Lipinski definition) is 1. The summed E-state index contributed by atoms with van der Waals surface area (Å²) in [6.45, 7) is 7.72. The van der Waals surface area contributed by atoms with E-state index in [-0.39, 0.29) is 137 Å². The molecule has 4 heterocycles. The molecule has 0 saturated carbocycles. The van der Waals surface area contributed by atoms with Gasteiger partial charge in [0.15, 0.2) is 11.6 Å².